The Labute approximate surface area is 104 Å². The van der Waals surface area contributed by atoms with Crippen molar-refractivity contribution < 1.29 is 4.79 Å². The molecule has 0 spiro atoms. The van der Waals surface area contributed by atoms with Gasteiger partial charge in [0, 0.05) is 11.9 Å². The van der Waals surface area contributed by atoms with Crippen molar-refractivity contribution in [3.63, 3.8) is 0 Å². The molecule has 0 radical (unpaired) electrons. The van der Waals surface area contributed by atoms with Gasteiger partial charge in [-0.1, -0.05) is 30.3 Å². The lowest BCUT2D eigenvalue weighted by atomic mass is 10.2. The van der Waals surface area contributed by atoms with Gasteiger partial charge in [-0.3, -0.25) is 4.79 Å². The highest BCUT2D eigenvalue weighted by Gasteiger charge is 2.09. The van der Waals surface area contributed by atoms with Crippen LogP contribution in [0, 0.1) is 12.3 Å². The summed E-state index contributed by atoms with van der Waals surface area (Å²) in [7, 11) is 0. The molecule has 0 fully saturated rings. The van der Waals surface area contributed by atoms with E-state index in [0.29, 0.717) is 17.2 Å². The number of hydrogen-bond donors (Lipinski definition) is 1. The molecule has 2 aromatic rings. The molecule has 0 saturated carbocycles. The van der Waals surface area contributed by atoms with Crippen LogP contribution >= 0.6 is 11.3 Å². The smallest absolute Gasteiger partial charge is 0.271 e. The number of benzene rings is 1. The van der Waals surface area contributed by atoms with Gasteiger partial charge in [0.25, 0.3) is 5.91 Å². The van der Waals surface area contributed by atoms with E-state index in [9.17, 15) is 4.79 Å². The zero-order valence-corrected chi connectivity index (χ0v) is 9.83. The van der Waals surface area contributed by atoms with Gasteiger partial charge in [-0.2, -0.15) is 0 Å². The lowest BCUT2D eigenvalue weighted by Gasteiger charge is -2.02. The summed E-state index contributed by atoms with van der Waals surface area (Å²) >= 11 is 1.29. The molecule has 1 aromatic heterocycles. The van der Waals surface area contributed by atoms with Gasteiger partial charge >= 0.3 is 0 Å². The first-order valence-electron chi connectivity index (χ1n) is 5.04. The molecule has 2 rings (SSSR count). The summed E-state index contributed by atoms with van der Waals surface area (Å²) in [4.78, 5) is 15.7. The summed E-state index contributed by atoms with van der Waals surface area (Å²) < 4.78 is 0. The van der Waals surface area contributed by atoms with Gasteiger partial charge in [0.1, 0.15) is 5.69 Å². The van der Waals surface area contributed by atoms with E-state index < -0.39 is 0 Å². The maximum absolute atomic E-state index is 11.7. The molecule has 17 heavy (non-hydrogen) atoms. The van der Waals surface area contributed by atoms with Crippen LogP contribution in [0.1, 0.15) is 21.1 Å². The van der Waals surface area contributed by atoms with Crippen LogP contribution in [0.15, 0.2) is 35.7 Å². The molecule has 1 N–H and O–H groups in total. The van der Waals surface area contributed by atoms with Crippen LogP contribution in [0.5, 0.6) is 0 Å². The largest absolute Gasteiger partial charge is 0.347 e. The number of carbonyl (C=O) groups is 1. The highest BCUT2D eigenvalue weighted by Crippen LogP contribution is 2.08. The molecule has 0 unspecified atom stereocenters. The Hall–Kier alpha value is -2.12. The zero-order chi connectivity index (χ0) is 12.1. The molecule has 0 aliphatic heterocycles. The minimum Gasteiger partial charge on any atom is -0.347 e. The van der Waals surface area contributed by atoms with E-state index in [-0.39, 0.29) is 5.91 Å². The number of nitrogens with zero attached hydrogens (tertiary/aromatic N) is 1. The molecule has 3 nitrogen and oxygen atoms in total. The van der Waals surface area contributed by atoms with E-state index in [1.54, 1.807) is 5.38 Å². The number of amides is 1. The fraction of sp³-hybridized carbons (Fsp3) is 0.0769. The van der Waals surface area contributed by atoms with E-state index in [1.807, 2.05) is 30.3 Å². The van der Waals surface area contributed by atoms with Crippen LogP contribution < -0.4 is 5.32 Å². The molecular weight excluding hydrogens is 232 g/mol. The Morgan fingerprint density at radius 3 is 2.82 bits per heavy atom. The molecule has 0 saturated heterocycles. The van der Waals surface area contributed by atoms with E-state index in [1.165, 1.54) is 11.3 Å². The summed E-state index contributed by atoms with van der Waals surface area (Å²) in [6.07, 6.45) is 5.19. The maximum atomic E-state index is 11.7. The van der Waals surface area contributed by atoms with Crippen LogP contribution in [0.4, 0.5) is 0 Å². The van der Waals surface area contributed by atoms with Crippen LogP contribution in [0.25, 0.3) is 0 Å². The second kappa shape index (κ2) is 5.28. The highest BCUT2D eigenvalue weighted by molar-refractivity contribution is 7.10. The predicted molar refractivity (Wildman–Crippen MR) is 67.7 cm³/mol. The Kier molecular flexibility index (Phi) is 3.53. The van der Waals surface area contributed by atoms with Crippen LogP contribution in [0.2, 0.25) is 0 Å². The van der Waals surface area contributed by atoms with E-state index >= 15 is 0 Å². The van der Waals surface area contributed by atoms with Gasteiger partial charge in [0.2, 0.25) is 0 Å². The summed E-state index contributed by atoms with van der Waals surface area (Å²) in [5, 5.41) is 4.97. The fourth-order valence-corrected chi connectivity index (χ4v) is 1.92. The van der Waals surface area contributed by atoms with Gasteiger partial charge in [-0.05, 0) is 11.5 Å². The third kappa shape index (κ3) is 2.92. The quantitative estimate of drug-likeness (QED) is 0.837. The topological polar surface area (TPSA) is 42.0 Å². The number of hydrogen-bond acceptors (Lipinski definition) is 3. The minimum atomic E-state index is -0.202. The third-order valence-electron chi connectivity index (χ3n) is 2.16. The van der Waals surface area contributed by atoms with E-state index in [4.69, 9.17) is 6.42 Å². The number of terminal acetylenes is 1. The standard InChI is InChI=1S/C13H10N2OS/c1-2-12-15-11(9-17-12)13(16)14-8-10-6-4-3-5-7-10/h1,3-7,9H,8H2,(H,14,16). The minimum absolute atomic E-state index is 0.202. The van der Waals surface area contributed by atoms with Crippen molar-refractivity contribution in [1.29, 1.82) is 0 Å². The van der Waals surface area contributed by atoms with Gasteiger partial charge in [-0.25, -0.2) is 4.98 Å². The second-order valence-electron chi connectivity index (χ2n) is 3.35. The third-order valence-corrected chi connectivity index (χ3v) is 2.93. The number of nitrogens with one attached hydrogen (secondary N) is 1. The van der Waals surface area contributed by atoms with Crippen molar-refractivity contribution in [3.8, 4) is 12.3 Å². The van der Waals surface area contributed by atoms with Crippen LogP contribution in [-0.2, 0) is 6.54 Å². The normalized spacial score (nSPS) is 9.59. The number of carbonyl (C=O) groups excluding carboxylic acids is 1. The SMILES string of the molecule is C#Cc1nc(C(=O)NCc2ccccc2)cs1. The summed E-state index contributed by atoms with van der Waals surface area (Å²) in [6, 6.07) is 9.70. The lowest BCUT2D eigenvalue weighted by molar-refractivity contribution is 0.0946. The van der Waals surface area contributed by atoms with Gasteiger partial charge in [0.05, 0.1) is 0 Å². The molecule has 1 aromatic carbocycles. The average molecular weight is 242 g/mol. The zero-order valence-electron chi connectivity index (χ0n) is 9.01. The molecule has 0 aliphatic rings. The molecular formula is C13H10N2OS. The Bertz CT molecular complexity index is 554. The van der Waals surface area contributed by atoms with E-state index in [0.717, 1.165) is 5.56 Å². The number of rotatable bonds is 3. The van der Waals surface area contributed by atoms with Gasteiger partial charge in [0.15, 0.2) is 5.01 Å². The molecule has 1 heterocycles. The molecule has 1 amide bonds. The molecule has 4 heteroatoms. The Balaban J connectivity index is 1.96. The van der Waals surface area contributed by atoms with Crippen molar-refractivity contribution in [2.24, 2.45) is 0 Å². The van der Waals surface area contributed by atoms with Crippen molar-refractivity contribution >= 4 is 17.2 Å². The molecule has 0 bridgehead atoms. The fourth-order valence-electron chi connectivity index (χ4n) is 1.31. The summed E-state index contributed by atoms with van der Waals surface area (Å²) in [6.45, 7) is 0.489. The Morgan fingerprint density at radius 1 is 1.41 bits per heavy atom. The first-order valence-corrected chi connectivity index (χ1v) is 5.92. The van der Waals surface area contributed by atoms with Gasteiger partial charge in [-0.15, -0.1) is 17.8 Å². The van der Waals surface area contributed by atoms with Gasteiger partial charge < -0.3 is 5.32 Å². The van der Waals surface area contributed by atoms with Crippen molar-refractivity contribution in [3.05, 3.63) is 52.0 Å². The van der Waals surface area contributed by atoms with Crippen LogP contribution in [0.3, 0.4) is 0 Å². The lowest BCUT2D eigenvalue weighted by Crippen LogP contribution is -2.23. The number of aromatic nitrogens is 1. The highest BCUT2D eigenvalue weighted by atomic mass is 32.1. The first kappa shape index (κ1) is 11.4. The average Bonchev–Trinajstić information content (AvgIpc) is 2.86. The summed E-state index contributed by atoms with van der Waals surface area (Å²) in [5.74, 6) is 2.20. The predicted octanol–water partition coefficient (Wildman–Crippen LogP) is 2.05. The van der Waals surface area contributed by atoms with Crippen molar-refractivity contribution in [1.82, 2.24) is 10.3 Å². The molecule has 84 valence electrons. The maximum Gasteiger partial charge on any atom is 0.271 e. The second-order valence-corrected chi connectivity index (χ2v) is 4.21. The van der Waals surface area contributed by atoms with Crippen molar-refractivity contribution in [2.45, 2.75) is 6.54 Å². The summed E-state index contributed by atoms with van der Waals surface area (Å²) in [5.41, 5.74) is 1.42. The number of thiazole rings is 1. The van der Waals surface area contributed by atoms with E-state index in [2.05, 4.69) is 16.2 Å². The molecule has 0 aliphatic carbocycles. The Morgan fingerprint density at radius 2 is 2.18 bits per heavy atom. The first-order chi connectivity index (χ1) is 8.29. The van der Waals surface area contributed by atoms with Crippen molar-refractivity contribution in [2.75, 3.05) is 0 Å². The monoisotopic (exact) mass is 242 g/mol. The van der Waals surface area contributed by atoms with Crippen LogP contribution in [-0.4, -0.2) is 10.9 Å². The molecule has 0 atom stereocenters.